The number of nitrogens with zero attached hydrogens (tertiary/aromatic N) is 1. The molecule has 7 heteroatoms. The molecule has 1 unspecified atom stereocenters. The van der Waals surface area contributed by atoms with E-state index in [0.29, 0.717) is 0 Å². The molecule has 0 bridgehead atoms. The quantitative estimate of drug-likeness (QED) is 0.789. The third kappa shape index (κ3) is 3.79. The summed E-state index contributed by atoms with van der Waals surface area (Å²) < 4.78 is 5.08. The first kappa shape index (κ1) is 13.6. The van der Waals surface area contributed by atoms with Gasteiger partial charge in [-0.25, -0.2) is 14.6 Å². The molecule has 1 atom stereocenters. The van der Waals surface area contributed by atoms with E-state index in [1.54, 1.807) is 20.8 Å². The van der Waals surface area contributed by atoms with E-state index in [-0.39, 0.29) is 9.88 Å². The monoisotopic (exact) mass is 258 g/mol. The summed E-state index contributed by atoms with van der Waals surface area (Å²) in [5, 5.41) is 8.95. The molecule has 1 aromatic rings. The van der Waals surface area contributed by atoms with E-state index < -0.39 is 23.6 Å². The first-order valence-corrected chi connectivity index (χ1v) is 5.70. The largest absolute Gasteiger partial charge is 0.477 e. The van der Waals surface area contributed by atoms with E-state index in [0.717, 1.165) is 11.3 Å². The van der Waals surface area contributed by atoms with Crippen LogP contribution in [-0.2, 0) is 9.53 Å². The van der Waals surface area contributed by atoms with Crippen LogP contribution in [0.15, 0.2) is 6.20 Å². The van der Waals surface area contributed by atoms with Crippen LogP contribution in [0.25, 0.3) is 0 Å². The predicted octanol–water partition coefficient (Wildman–Crippen LogP) is 1.18. The summed E-state index contributed by atoms with van der Waals surface area (Å²) in [5.41, 5.74) is 5.00. The van der Waals surface area contributed by atoms with Crippen molar-refractivity contribution in [3.63, 3.8) is 0 Å². The zero-order valence-corrected chi connectivity index (χ0v) is 10.6. The fourth-order valence-electron chi connectivity index (χ4n) is 0.996. The number of rotatable bonds is 3. The van der Waals surface area contributed by atoms with Gasteiger partial charge in [-0.1, -0.05) is 0 Å². The lowest BCUT2D eigenvalue weighted by Gasteiger charge is -2.21. The van der Waals surface area contributed by atoms with Crippen molar-refractivity contribution in [1.29, 1.82) is 0 Å². The highest BCUT2D eigenvalue weighted by Crippen LogP contribution is 2.21. The number of hydrogen-bond acceptors (Lipinski definition) is 6. The van der Waals surface area contributed by atoms with Gasteiger partial charge in [0.25, 0.3) is 0 Å². The Morgan fingerprint density at radius 1 is 1.53 bits per heavy atom. The number of nitrogens with two attached hydrogens (primary N) is 1. The van der Waals surface area contributed by atoms with E-state index in [2.05, 4.69) is 4.98 Å². The van der Waals surface area contributed by atoms with Crippen LogP contribution in [0.3, 0.4) is 0 Å². The van der Waals surface area contributed by atoms with Crippen molar-refractivity contribution < 1.29 is 19.4 Å². The molecule has 0 fully saturated rings. The lowest BCUT2D eigenvalue weighted by Crippen LogP contribution is -2.31. The summed E-state index contributed by atoms with van der Waals surface area (Å²) in [6, 6.07) is -1.05. The second kappa shape index (κ2) is 4.80. The van der Waals surface area contributed by atoms with Gasteiger partial charge in [0, 0.05) is 0 Å². The number of carbonyl (C=O) groups is 2. The number of carbonyl (C=O) groups excluding carboxylic acids is 1. The van der Waals surface area contributed by atoms with E-state index in [1.165, 1.54) is 6.20 Å². The second-order valence-corrected chi connectivity index (χ2v) is 5.44. The minimum Gasteiger partial charge on any atom is -0.477 e. The smallest absolute Gasteiger partial charge is 0.347 e. The van der Waals surface area contributed by atoms with Crippen LogP contribution in [0.1, 0.15) is 41.5 Å². The van der Waals surface area contributed by atoms with Crippen LogP contribution >= 0.6 is 11.3 Å². The van der Waals surface area contributed by atoms with Gasteiger partial charge in [-0.05, 0) is 20.8 Å². The number of ether oxygens (including phenoxy) is 1. The topological polar surface area (TPSA) is 103 Å². The van der Waals surface area contributed by atoms with Crippen LogP contribution in [-0.4, -0.2) is 27.6 Å². The third-order valence-electron chi connectivity index (χ3n) is 1.66. The minimum atomic E-state index is -1.09. The standard InChI is InChI=1S/C10H14N2O4S/c1-10(2,3)16-9(15)6(11)7-12-4-5(17-7)8(13)14/h4,6H,11H2,1-3H3,(H,13,14). The first-order chi connectivity index (χ1) is 7.70. The number of esters is 1. The first-order valence-electron chi connectivity index (χ1n) is 4.88. The number of aromatic nitrogens is 1. The van der Waals surface area contributed by atoms with Gasteiger partial charge in [0.1, 0.15) is 15.5 Å². The van der Waals surface area contributed by atoms with Gasteiger partial charge in [-0.3, -0.25) is 0 Å². The van der Waals surface area contributed by atoms with Crippen molar-refractivity contribution in [3.05, 3.63) is 16.1 Å². The van der Waals surface area contributed by atoms with E-state index in [1.807, 2.05) is 0 Å². The fraction of sp³-hybridized carbons (Fsp3) is 0.500. The van der Waals surface area contributed by atoms with E-state index >= 15 is 0 Å². The molecule has 17 heavy (non-hydrogen) atoms. The Bertz CT molecular complexity index is 436. The SMILES string of the molecule is CC(C)(C)OC(=O)C(N)c1ncc(C(=O)O)s1. The summed E-state index contributed by atoms with van der Waals surface area (Å²) in [6.45, 7) is 5.17. The Morgan fingerprint density at radius 2 is 2.12 bits per heavy atom. The molecular formula is C10H14N2O4S. The fourth-order valence-corrected chi connectivity index (χ4v) is 1.74. The molecule has 1 aromatic heterocycles. The number of thiazole rings is 1. The summed E-state index contributed by atoms with van der Waals surface area (Å²) >= 11 is 0.867. The lowest BCUT2D eigenvalue weighted by molar-refractivity contribution is -0.156. The lowest BCUT2D eigenvalue weighted by atomic mass is 10.2. The molecule has 1 heterocycles. The van der Waals surface area contributed by atoms with Crippen molar-refractivity contribution in [2.24, 2.45) is 5.73 Å². The molecule has 0 radical (unpaired) electrons. The van der Waals surface area contributed by atoms with Crippen LogP contribution < -0.4 is 5.73 Å². The highest BCUT2D eigenvalue weighted by atomic mass is 32.1. The molecule has 94 valence electrons. The molecule has 6 nitrogen and oxygen atoms in total. The summed E-state index contributed by atoms with van der Waals surface area (Å²) in [5.74, 6) is -1.71. The van der Waals surface area contributed by atoms with Crippen molar-refractivity contribution in [3.8, 4) is 0 Å². The Kier molecular flexibility index (Phi) is 3.84. The van der Waals surface area contributed by atoms with Crippen LogP contribution in [0.4, 0.5) is 0 Å². The summed E-state index contributed by atoms with van der Waals surface area (Å²) in [6.07, 6.45) is 1.17. The number of aromatic carboxylic acids is 1. The average Bonchev–Trinajstić information content (AvgIpc) is 2.62. The highest BCUT2D eigenvalue weighted by molar-refractivity contribution is 7.13. The van der Waals surface area contributed by atoms with Crippen LogP contribution in [0, 0.1) is 0 Å². The molecule has 0 spiro atoms. The van der Waals surface area contributed by atoms with Crippen LogP contribution in [0.2, 0.25) is 0 Å². The van der Waals surface area contributed by atoms with Gasteiger partial charge in [0.15, 0.2) is 6.04 Å². The molecule has 0 saturated heterocycles. The third-order valence-corrected chi connectivity index (χ3v) is 2.73. The van der Waals surface area contributed by atoms with Gasteiger partial charge in [0.05, 0.1) is 6.20 Å². The highest BCUT2D eigenvalue weighted by Gasteiger charge is 2.26. The van der Waals surface area contributed by atoms with Crippen molar-refractivity contribution in [2.75, 3.05) is 0 Å². The minimum absolute atomic E-state index is 0.0407. The normalized spacial score (nSPS) is 13.2. The number of carboxylic acid groups (broad SMARTS) is 1. The molecule has 0 aliphatic rings. The van der Waals surface area contributed by atoms with Crippen LogP contribution in [0.5, 0.6) is 0 Å². The van der Waals surface area contributed by atoms with Gasteiger partial charge in [-0.15, -0.1) is 11.3 Å². The van der Waals surface area contributed by atoms with Crippen molar-refractivity contribution in [1.82, 2.24) is 4.98 Å². The van der Waals surface area contributed by atoms with Crippen molar-refractivity contribution in [2.45, 2.75) is 32.4 Å². The maximum absolute atomic E-state index is 11.6. The maximum Gasteiger partial charge on any atom is 0.347 e. The molecule has 0 amide bonds. The Labute approximate surface area is 102 Å². The molecular weight excluding hydrogens is 244 g/mol. The molecule has 0 aliphatic carbocycles. The van der Waals surface area contributed by atoms with Gasteiger partial charge in [0.2, 0.25) is 0 Å². The van der Waals surface area contributed by atoms with Crippen molar-refractivity contribution >= 4 is 23.3 Å². The summed E-state index contributed by atoms with van der Waals surface area (Å²) in [4.78, 5) is 26.1. The molecule has 0 aromatic carbocycles. The van der Waals surface area contributed by atoms with E-state index in [9.17, 15) is 9.59 Å². The number of hydrogen-bond donors (Lipinski definition) is 2. The number of carboxylic acids is 1. The zero-order chi connectivity index (χ0) is 13.2. The Morgan fingerprint density at radius 3 is 2.53 bits per heavy atom. The predicted molar refractivity (Wildman–Crippen MR) is 61.8 cm³/mol. The van der Waals surface area contributed by atoms with E-state index in [4.69, 9.17) is 15.6 Å². The molecule has 0 aliphatic heterocycles. The van der Waals surface area contributed by atoms with Gasteiger partial charge in [-0.2, -0.15) is 0 Å². The average molecular weight is 258 g/mol. The molecule has 0 saturated carbocycles. The van der Waals surface area contributed by atoms with Gasteiger partial charge >= 0.3 is 11.9 Å². The summed E-state index contributed by atoms with van der Waals surface area (Å²) in [7, 11) is 0. The van der Waals surface area contributed by atoms with Gasteiger partial charge < -0.3 is 15.6 Å². The molecule has 1 rings (SSSR count). The molecule has 3 N–H and O–H groups in total. The zero-order valence-electron chi connectivity index (χ0n) is 9.76. The Hall–Kier alpha value is -1.47. The Balaban J connectivity index is 2.78. The second-order valence-electron chi connectivity index (χ2n) is 4.38. The maximum atomic E-state index is 11.6.